The number of aliphatic hydroxyl groups is 2. The Hall–Kier alpha value is -0.610. The highest BCUT2D eigenvalue weighted by Crippen LogP contribution is 2.28. The van der Waals surface area contributed by atoms with Crippen LogP contribution >= 0.6 is 0 Å². The van der Waals surface area contributed by atoms with Crippen molar-refractivity contribution in [3.8, 4) is 0 Å². The molecule has 1 saturated heterocycles. The Bertz CT molecular complexity index is 236. The maximum Gasteiger partial charge on any atom is 0.223 e. The van der Waals surface area contributed by atoms with Crippen LogP contribution in [0.1, 0.15) is 32.1 Å². The predicted octanol–water partition coefficient (Wildman–Crippen LogP) is 0.131. The van der Waals surface area contributed by atoms with Crippen molar-refractivity contribution in [3.05, 3.63) is 0 Å². The fourth-order valence-electron chi connectivity index (χ4n) is 2.65. The number of hydrogen-bond donors (Lipinski definition) is 2. The minimum atomic E-state index is -0.174. The molecule has 2 N–H and O–H groups in total. The Labute approximate surface area is 89.9 Å². The van der Waals surface area contributed by atoms with Crippen molar-refractivity contribution in [1.29, 1.82) is 0 Å². The Morgan fingerprint density at radius 2 is 1.93 bits per heavy atom. The lowest BCUT2D eigenvalue weighted by Crippen LogP contribution is -2.40. The molecule has 4 nitrogen and oxygen atoms in total. The normalized spacial score (nSPS) is 37.3. The molecule has 2 aliphatic rings. The summed E-state index contributed by atoms with van der Waals surface area (Å²) in [7, 11) is 0. The lowest BCUT2D eigenvalue weighted by Gasteiger charge is -2.33. The van der Waals surface area contributed by atoms with Gasteiger partial charge < -0.3 is 15.1 Å². The van der Waals surface area contributed by atoms with E-state index in [0.717, 1.165) is 25.7 Å². The van der Waals surface area contributed by atoms with Crippen LogP contribution < -0.4 is 0 Å². The van der Waals surface area contributed by atoms with Crippen LogP contribution in [0.3, 0.4) is 0 Å². The number of rotatable bonds is 2. The molecule has 1 aliphatic carbocycles. The minimum Gasteiger partial charge on any atom is -0.396 e. The van der Waals surface area contributed by atoms with E-state index in [0.29, 0.717) is 19.0 Å². The molecule has 1 atom stereocenters. The Balaban J connectivity index is 1.91. The summed E-state index contributed by atoms with van der Waals surface area (Å²) in [5.41, 5.74) is 0. The SMILES string of the molecule is O=C1CC(CO)CN1C1CCC(O)CC1. The smallest absolute Gasteiger partial charge is 0.223 e. The van der Waals surface area contributed by atoms with E-state index in [1.54, 1.807) is 0 Å². The van der Waals surface area contributed by atoms with Gasteiger partial charge in [-0.2, -0.15) is 0 Å². The van der Waals surface area contributed by atoms with Crippen LogP contribution in [0.4, 0.5) is 0 Å². The number of likely N-dealkylation sites (tertiary alicyclic amines) is 1. The third-order valence-electron chi connectivity index (χ3n) is 3.60. The van der Waals surface area contributed by atoms with Crippen LogP contribution in [0.2, 0.25) is 0 Å². The average molecular weight is 213 g/mol. The molecule has 1 saturated carbocycles. The van der Waals surface area contributed by atoms with Crippen molar-refractivity contribution in [3.63, 3.8) is 0 Å². The zero-order chi connectivity index (χ0) is 10.8. The van der Waals surface area contributed by atoms with E-state index >= 15 is 0 Å². The van der Waals surface area contributed by atoms with Crippen molar-refractivity contribution in [1.82, 2.24) is 4.90 Å². The molecule has 0 aromatic rings. The number of carbonyl (C=O) groups excluding carboxylic acids is 1. The number of aliphatic hydroxyl groups excluding tert-OH is 2. The lowest BCUT2D eigenvalue weighted by molar-refractivity contribution is -0.130. The molecule has 2 fully saturated rings. The van der Waals surface area contributed by atoms with Crippen molar-refractivity contribution >= 4 is 5.91 Å². The van der Waals surface area contributed by atoms with Gasteiger partial charge in [0.15, 0.2) is 0 Å². The molecule has 1 unspecified atom stereocenters. The van der Waals surface area contributed by atoms with Gasteiger partial charge in [0.1, 0.15) is 0 Å². The van der Waals surface area contributed by atoms with E-state index < -0.39 is 0 Å². The molecule has 0 spiro atoms. The van der Waals surface area contributed by atoms with Gasteiger partial charge in [0.2, 0.25) is 5.91 Å². The topological polar surface area (TPSA) is 60.8 Å². The third-order valence-corrected chi connectivity index (χ3v) is 3.60. The summed E-state index contributed by atoms with van der Waals surface area (Å²) in [6, 6.07) is 0.303. The first-order valence-corrected chi connectivity index (χ1v) is 5.79. The maximum absolute atomic E-state index is 11.7. The fourth-order valence-corrected chi connectivity index (χ4v) is 2.65. The van der Waals surface area contributed by atoms with Gasteiger partial charge in [-0.05, 0) is 25.7 Å². The second-order valence-corrected chi connectivity index (χ2v) is 4.76. The summed E-state index contributed by atoms with van der Waals surface area (Å²) >= 11 is 0. The monoisotopic (exact) mass is 213 g/mol. The summed E-state index contributed by atoms with van der Waals surface area (Å²) in [4.78, 5) is 13.6. The number of amides is 1. The van der Waals surface area contributed by atoms with Crippen molar-refractivity contribution in [2.75, 3.05) is 13.2 Å². The zero-order valence-corrected chi connectivity index (χ0v) is 8.93. The zero-order valence-electron chi connectivity index (χ0n) is 8.93. The molecule has 1 heterocycles. The molecule has 1 aliphatic heterocycles. The molecule has 0 aromatic carbocycles. The first-order valence-electron chi connectivity index (χ1n) is 5.79. The molecule has 1 amide bonds. The second kappa shape index (κ2) is 4.49. The summed E-state index contributed by atoms with van der Waals surface area (Å²) in [6.45, 7) is 0.813. The number of nitrogens with zero attached hydrogens (tertiary/aromatic N) is 1. The van der Waals surface area contributed by atoms with Gasteiger partial charge in [-0.25, -0.2) is 0 Å². The minimum absolute atomic E-state index is 0.109. The quantitative estimate of drug-likeness (QED) is 0.685. The van der Waals surface area contributed by atoms with E-state index in [4.69, 9.17) is 5.11 Å². The highest BCUT2D eigenvalue weighted by atomic mass is 16.3. The van der Waals surface area contributed by atoms with Crippen molar-refractivity contribution in [2.24, 2.45) is 5.92 Å². The van der Waals surface area contributed by atoms with E-state index in [2.05, 4.69) is 0 Å². The van der Waals surface area contributed by atoms with E-state index in [1.807, 2.05) is 4.90 Å². The third kappa shape index (κ3) is 2.32. The van der Waals surface area contributed by atoms with Crippen LogP contribution in [0.25, 0.3) is 0 Å². The summed E-state index contributed by atoms with van der Waals surface area (Å²) in [5, 5.41) is 18.4. The molecule has 4 heteroatoms. The second-order valence-electron chi connectivity index (χ2n) is 4.76. The first-order chi connectivity index (χ1) is 7.20. The number of carbonyl (C=O) groups is 1. The summed E-state index contributed by atoms with van der Waals surface area (Å²) < 4.78 is 0. The largest absolute Gasteiger partial charge is 0.396 e. The molecule has 0 bridgehead atoms. The fraction of sp³-hybridized carbons (Fsp3) is 0.909. The maximum atomic E-state index is 11.7. The van der Waals surface area contributed by atoms with Crippen molar-refractivity contribution in [2.45, 2.75) is 44.2 Å². The first kappa shape index (κ1) is 10.9. The molecule has 86 valence electrons. The Kier molecular flexibility index (Phi) is 3.26. The van der Waals surface area contributed by atoms with Crippen LogP contribution in [-0.2, 0) is 4.79 Å². The van der Waals surface area contributed by atoms with Crippen LogP contribution in [-0.4, -0.2) is 46.3 Å². The van der Waals surface area contributed by atoms with Gasteiger partial charge in [-0.3, -0.25) is 4.79 Å². The van der Waals surface area contributed by atoms with Gasteiger partial charge in [-0.1, -0.05) is 0 Å². The van der Waals surface area contributed by atoms with Crippen LogP contribution in [0.5, 0.6) is 0 Å². The van der Waals surface area contributed by atoms with Crippen LogP contribution in [0, 0.1) is 5.92 Å². The van der Waals surface area contributed by atoms with Gasteiger partial charge in [0.05, 0.1) is 6.10 Å². The molecular weight excluding hydrogens is 194 g/mol. The summed E-state index contributed by atoms with van der Waals surface area (Å²) in [5.74, 6) is 0.305. The van der Waals surface area contributed by atoms with E-state index in [9.17, 15) is 9.90 Å². The molecular formula is C11H19NO3. The van der Waals surface area contributed by atoms with Gasteiger partial charge in [0.25, 0.3) is 0 Å². The van der Waals surface area contributed by atoms with E-state index in [-0.39, 0.29) is 24.5 Å². The highest BCUT2D eigenvalue weighted by Gasteiger charge is 2.35. The molecule has 0 aromatic heterocycles. The van der Waals surface area contributed by atoms with Gasteiger partial charge in [-0.15, -0.1) is 0 Å². The number of hydrogen-bond acceptors (Lipinski definition) is 3. The van der Waals surface area contributed by atoms with Gasteiger partial charge >= 0.3 is 0 Å². The Morgan fingerprint density at radius 3 is 2.47 bits per heavy atom. The van der Waals surface area contributed by atoms with Crippen LogP contribution in [0.15, 0.2) is 0 Å². The van der Waals surface area contributed by atoms with Crippen molar-refractivity contribution < 1.29 is 15.0 Å². The molecule has 15 heavy (non-hydrogen) atoms. The average Bonchev–Trinajstić information content (AvgIpc) is 2.61. The standard InChI is InChI=1S/C11H19NO3/c13-7-8-5-11(15)12(6-8)9-1-3-10(14)4-2-9/h8-10,13-14H,1-7H2. The Morgan fingerprint density at radius 1 is 1.27 bits per heavy atom. The highest BCUT2D eigenvalue weighted by molar-refractivity contribution is 5.79. The molecule has 2 rings (SSSR count). The molecule has 0 radical (unpaired) electrons. The lowest BCUT2D eigenvalue weighted by atomic mass is 9.92. The van der Waals surface area contributed by atoms with Gasteiger partial charge in [0, 0.05) is 31.5 Å². The summed E-state index contributed by atoms with van der Waals surface area (Å²) in [6.07, 6.45) is 3.75. The predicted molar refractivity (Wildman–Crippen MR) is 55.2 cm³/mol. The van der Waals surface area contributed by atoms with E-state index in [1.165, 1.54) is 0 Å².